The Hall–Kier alpha value is -2.26. The Balaban J connectivity index is 1.64. The maximum absolute atomic E-state index is 8.28. The molecule has 1 fully saturated rings. The number of rotatable bonds is 5. The summed E-state index contributed by atoms with van der Waals surface area (Å²) in [5.74, 6) is 0.855. The van der Waals surface area contributed by atoms with Crippen molar-refractivity contribution in [2.45, 2.75) is 26.3 Å². The highest BCUT2D eigenvalue weighted by Gasteiger charge is 2.16. The standard InChI is InChI=1S/C21H25N3/c1-16-11-13-24(14-12-16)15-17-7-9-19(10-8-17)21(23)20(22)18-5-3-2-4-6-18/h2-10,16,22-23H,11-15H2,1H3. The number of likely N-dealkylation sites (tertiary alicyclic amines) is 1. The predicted molar refractivity (Wildman–Crippen MR) is 100 cm³/mol. The zero-order valence-electron chi connectivity index (χ0n) is 14.3. The van der Waals surface area contributed by atoms with Gasteiger partial charge in [0.15, 0.2) is 0 Å². The average Bonchev–Trinajstić information content (AvgIpc) is 2.64. The summed E-state index contributed by atoms with van der Waals surface area (Å²) in [6, 6.07) is 17.6. The molecule has 2 N–H and O–H groups in total. The molecule has 0 aromatic heterocycles. The maximum Gasteiger partial charge on any atom is 0.0867 e. The van der Waals surface area contributed by atoms with E-state index in [-0.39, 0.29) is 11.4 Å². The first-order chi connectivity index (χ1) is 11.6. The third-order valence-corrected chi connectivity index (χ3v) is 4.84. The summed E-state index contributed by atoms with van der Waals surface area (Å²) in [6.07, 6.45) is 2.58. The van der Waals surface area contributed by atoms with Crippen LogP contribution in [0.2, 0.25) is 0 Å². The molecule has 1 saturated heterocycles. The summed E-state index contributed by atoms with van der Waals surface area (Å²) >= 11 is 0. The second kappa shape index (κ2) is 7.54. The Morgan fingerprint density at radius 3 is 2.00 bits per heavy atom. The first-order valence-electron chi connectivity index (χ1n) is 8.68. The van der Waals surface area contributed by atoms with Gasteiger partial charge in [-0.1, -0.05) is 61.5 Å². The van der Waals surface area contributed by atoms with Gasteiger partial charge in [-0.3, -0.25) is 15.7 Å². The number of nitrogens with one attached hydrogen (secondary N) is 2. The molecule has 2 aromatic carbocycles. The fourth-order valence-corrected chi connectivity index (χ4v) is 3.15. The van der Waals surface area contributed by atoms with E-state index in [2.05, 4.69) is 24.0 Å². The van der Waals surface area contributed by atoms with E-state index in [1.54, 1.807) is 0 Å². The molecule has 1 heterocycles. The van der Waals surface area contributed by atoms with E-state index in [1.165, 1.54) is 31.5 Å². The van der Waals surface area contributed by atoms with E-state index < -0.39 is 0 Å². The second-order valence-corrected chi connectivity index (χ2v) is 6.77. The van der Waals surface area contributed by atoms with Crippen LogP contribution in [0.1, 0.15) is 36.5 Å². The third-order valence-electron chi connectivity index (χ3n) is 4.84. The van der Waals surface area contributed by atoms with Gasteiger partial charge in [-0.2, -0.15) is 0 Å². The first kappa shape index (κ1) is 16.6. The lowest BCUT2D eigenvalue weighted by Crippen LogP contribution is -2.32. The van der Waals surface area contributed by atoms with E-state index in [0.29, 0.717) is 0 Å². The van der Waals surface area contributed by atoms with E-state index in [9.17, 15) is 0 Å². The highest BCUT2D eigenvalue weighted by molar-refractivity contribution is 6.51. The van der Waals surface area contributed by atoms with Crippen molar-refractivity contribution in [3.8, 4) is 0 Å². The van der Waals surface area contributed by atoms with Gasteiger partial charge in [0.1, 0.15) is 0 Å². The number of piperidine rings is 1. The fraction of sp³-hybridized carbons (Fsp3) is 0.333. The van der Waals surface area contributed by atoms with Gasteiger partial charge in [0.2, 0.25) is 0 Å². The van der Waals surface area contributed by atoms with Crippen LogP contribution in [0.15, 0.2) is 54.6 Å². The van der Waals surface area contributed by atoms with Crippen LogP contribution in [0.5, 0.6) is 0 Å². The lowest BCUT2D eigenvalue weighted by molar-refractivity contribution is 0.185. The van der Waals surface area contributed by atoms with Crippen LogP contribution in [0.3, 0.4) is 0 Å². The fourth-order valence-electron chi connectivity index (χ4n) is 3.15. The molecule has 0 atom stereocenters. The van der Waals surface area contributed by atoms with Crippen LogP contribution in [0, 0.1) is 16.7 Å². The molecule has 24 heavy (non-hydrogen) atoms. The number of benzene rings is 2. The van der Waals surface area contributed by atoms with Crippen LogP contribution in [-0.4, -0.2) is 29.4 Å². The third kappa shape index (κ3) is 3.98. The average molecular weight is 319 g/mol. The molecule has 3 nitrogen and oxygen atoms in total. The molecule has 0 spiro atoms. The SMILES string of the molecule is CC1CCN(Cc2ccc(C(=N)C(=N)c3ccccc3)cc2)CC1. The molecule has 1 aliphatic rings. The minimum Gasteiger partial charge on any atom is -0.299 e. The number of hydrogen-bond acceptors (Lipinski definition) is 3. The van der Waals surface area contributed by atoms with E-state index in [1.807, 2.05) is 42.5 Å². The summed E-state index contributed by atoms with van der Waals surface area (Å²) in [7, 11) is 0. The molecule has 0 unspecified atom stereocenters. The van der Waals surface area contributed by atoms with Gasteiger partial charge in [0.05, 0.1) is 11.4 Å². The van der Waals surface area contributed by atoms with Gasteiger partial charge in [-0.25, -0.2) is 0 Å². The van der Waals surface area contributed by atoms with Crippen LogP contribution in [0.4, 0.5) is 0 Å². The zero-order chi connectivity index (χ0) is 16.9. The molecule has 0 aliphatic carbocycles. The van der Waals surface area contributed by atoms with E-state index in [4.69, 9.17) is 10.8 Å². The largest absolute Gasteiger partial charge is 0.299 e. The molecule has 124 valence electrons. The van der Waals surface area contributed by atoms with Crippen molar-refractivity contribution in [1.82, 2.24) is 4.90 Å². The Kier molecular flexibility index (Phi) is 5.21. The van der Waals surface area contributed by atoms with Gasteiger partial charge < -0.3 is 0 Å². The van der Waals surface area contributed by atoms with Gasteiger partial charge >= 0.3 is 0 Å². The van der Waals surface area contributed by atoms with Gasteiger partial charge in [-0.15, -0.1) is 0 Å². The number of hydrogen-bond donors (Lipinski definition) is 2. The molecule has 2 aromatic rings. The van der Waals surface area contributed by atoms with Crippen molar-refractivity contribution >= 4 is 11.4 Å². The maximum atomic E-state index is 8.28. The van der Waals surface area contributed by atoms with Crippen LogP contribution < -0.4 is 0 Å². The van der Waals surface area contributed by atoms with Crippen molar-refractivity contribution < 1.29 is 0 Å². The summed E-state index contributed by atoms with van der Waals surface area (Å²) < 4.78 is 0. The minimum atomic E-state index is 0.272. The molecule has 0 radical (unpaired) electrons. The van der Waals surface area contributed by atoms with Crippen LogP contribution in [-0.2, 0) is 6.54 Å². The van der Waals surface area contributed by atoms with Gasteiger partial charge in [0.25, 0.3) is 0 Å². The van der Waals surface area contributed by atoms with Crippen LogP contribution in [0.25, 0.3) is 0 Å². The minimum absolute atomic E-state index is 0.272. The summed E-state index contributed by atoms with van der Waals surface area (Å²) in [4.78, 5) is 2.51. The summed E-state index contributed by atoms with van der Waals surface area (Å²) in [5, 5.41) is 16.5. The predicted octanol–water partition coefficient (Wildman–Crippen LogP) is 4.35. The molecular weight excluding hydrogens is 294 g/mol. The van der Waals surface area contributed by atoms with E-state index >= 15 is 0 Å². The Morgan fingerprint density at radius 1 is 0.875 bits per heavy atom. The normalized spacial score (nSPS) is 16.0. The molecular formula is C21H25N3. The van der Waals surface area contributed by atoms with E-state index in [0.717, 1.165) is 23.6 Å². The molecule has 0 saturated carbocycles. The Labute approximate surface area is 144 Å². The van der Waals surface area contributed by atoms with Crippen molar-refractivity contribution in [3.63, 3.8) is 0 Å². The van der Waals surface area contributed by atoms with Crippen LogP contribution >= 0.6 is 0 Å². The smallest absolute Gasteiger partial charge is 0.0867 e. The van der Waals surface area contributed by atoms with Gasteiger partial charge in [-0.05, 0) is 37.4 Å². The van der Waals surface area contributed by atoms with Gasteiger partial charge in [0, 0.05) is 17.7 Å². The highest BCUT2D eigenvalue weighted by Crippen LogP contribution is 2.18. The van der Waals surface area contributed by atoms with Crippen molar-refractivity contribution in [2.24, 2.45) is 5.92 Å². The van der Waals surface area contributed by atoms with Crippen molar-refractivity contribution in [2.75, 3.05) is 13.1 Å². The summed E-state index contributed by atoms with van der Waals surface area (Å²) in [5.41, 5.74) is 3.43. The van der Waals surface area contributed by atoms with Crippen molar-refractivity contribution in [3.05, 3.63) is 71.3 Å². The lowest BCUT2D eigenvalue weighted by atomic mass is 9.97. The Bertz CT molecular complexity index is 696. The molecule has 0 bridgehead atoms. The molecule has 1 aliphatic heterocycles. The molecule has 0 amide bonds. The molecule has 3 rings (SSSR count). The first-order valence-corrected chi connectivity index (χ1v) is 8.68. The quantitative estimate of drug-likeness (QED) is 0.791. The lowest BCUT2D eigenvalue weighted by Gasteiger charge is -2.30. The monoisotopic (exact) mass is 319 g/mol. The number of nitrogens with zero attached hydrogens (tertiary/aromatic N) is 1. The Morgan fingerprint density at radius 2 is 1.42 bits per heavy atom. The summed E-state index contributed by atoms with van der Waals surface area (Å²) in [6.45, 7) is 5.67. The zero-order valence-corrected chi connectivity index (χ0v) is 14.3. The van der Waals surface area contributed by atoms with Crippen molar-refractivity contribution in [1.29, 1.82) is 10.8 Å². The molecule has 3 heteroatoms. The highest BCUT2D eigenvalue weighted by atomic mass is 15.1. The topological polar surface area (TPSA) is 50.9 Å². The second-order valence-electron chi connectivity index (χ2n) is 6.77.